The SMILES string of the molecule is CC(Cc1ccc2c(c1)CCO2)NC(=O)CC1CCCCC1. The van der Waals surface area contributed by atoms with Gasteiger partial charge in [-0.05, 0) is 49.3 Å². The normalized spacial score (nSPS) is 19.3. The summed E-state index contributed by atoms with van der Waals surface area (Å²) >= 11 is 0. The van der Waals surface area contributed by atoms with Crippen LogP contribution in [0, 0.1) is 5.92 Å². The maximum absolute atomic E-state index is 12.2. The number of carbonyl (C=O) groups excluding carboxylic acids is 1. The van der Waals surface area contributed by atoms with Crippen LogP contribution in [0.4, 0.5) is 0 Å². The van der Waals surface area contributed by atoms with Gasteiger partial charge in [0.2, 0.25) is 5.91 Å². The zero-order valence-corrected chi connectivity index (χ0v) is 13.6. The maximum atomic E-state index is 12.2. The van der Waals surface area contributed by atoms with Crippen molar-refractivity contribution in [1.82, 2.24) is 5.32 Å². The number of rotatable bonds is 5. The average molecular weight is 301 g/mol. The molecule has 22 heavy (non-hydrogen) atoms. The summed E-state index contributed by atoms with van der Waals surface area (Å²) in [5, 5.41) is 3.17. The molecule has 1 aromatic carbocycles. The fourth-order valence-electron chi connectivity index (χ4n) is 3.76. The number of amides is 1. The minimum absolute atomic E-state index is 0.191. The van der Waals surface area contributed by atoms with Crippen LogP contribution in [-0.4, -0.2) is 18.6 Å². The highest BCUT2D eigenvalue weighted by Gasteiger charge is 2.18. The molecule has 1 N–H and O–H groups in total. The van der Waals surface area contributed by atoms with Crippen molar-refractivity contribution in [3.63, 3.8) is 0 Å². The van der Waals surface area contributed by atoms with Crippen LogP contribution in [0.2, 0.25) is 0 Å². The molecule has 1 aliphatic carbocycles. The second-order valence-corrected chi connectivity index (χ2v) is 6.92. The van der Waals surface area contributed by atoms with Crippen LogP contribution in [0.3, 0.4) is 0 Å². The summed E-state index contributed by atoms with van der Waals surface area (Å²) in [4.78, 5) is 12.2. The van der Waals surface area contributed by atoms with E-state index in [1.54, 1.807) is 0 Å². The highest BCUT2D eigenvalue weighted by Crippen LogP contribution is 2.27. The van der Waals surface area contributed by atoms with Crippen molar-refractivity contribution in [2.45, 2.75) is 64.3 Å². The van der Waals surface area contributed by atoms with Crippen LogP contribution in [-0.2, 0) is 17.6 Å². The number of fused-ring (bicyclic) bond motifs is 1. The van der Waals surface area contributed by atoms with Gasteiger partial charge in [0, 0.05) is 18.9 Å². The first-order chi connectivity index (χ1) is 10.7. The Labute approximate surface area is 133 Å². The zero-order valence-electron chi connectivity index (χ0n) is 13.6. The average Bonchev–Trinajstić information content (AvgIpc) is 2.95. The van der Waals surface area contributed by atoms with E-state index in [4.69, 9.17) is 4.74 Å². The molecule has 0 bridgehead atoms. The Morgan fingerprint density at radius 2 is 2.14 bits per heavy atom. The Morgan fingerprint density at radius 3 is 2.95 bits per heavy atom. The van der Waals surface area contributed by atoms with Gasteiger partial charge < -0.3 is 10.1 Å². The van der Waals surface area contributed by atoms with Crippen molar-refractivity contribution in [2.24, 2.45) is 5.92 Å². The quantitative estimate of drug-likeness (QED) is 0.901. The van der Waals surface area contributed by atoms with Crippen molar-refractivity contribution >= 4 is 5.91 Å². The van der Waals surface area contributed by atoms with Gasteiger partial charge in [0.1, 0.15) is 5.75 Å². The molecule has 3 nitrogen and oxygen atoms in total. The first-order valence-electron chi connectivity index (χ1n) is 8.74. The van der Waals surface area contributed by atoms with E-state index in [0.717, 1.165) is 25.2 Å². The number of hydrogen-bond donors (Lipinski definition) is 1. The molecule has 0 saturated heterocycles. The highest BCUT2D eigenvalue weighted by atomic mass is 16.5. The summed E-state index contributed by atoms with van der Waals surface area (Å²) in [5.74, 6) is 1.86. The van der Waals surface area contributed by atoms with Crippen LogP contribution < -0.4 is 10.1 Å². The summed E-state index contributed by atoms with van der Waals surface area (Å²) in [6.45, 7) is 2.90. The lowest BCUT2D eigenvalue weighted by Crippen LogP contribution is -2.35. The van der Waals surface area contributed by atoms with Crippen LogP contribution in [0.25, 0.3) is 0 Å². The fourth-order valence-corrected chi connectivity index (χ4v) is 3.76. The predicted octanol–water partition coefficient (Wildman–Crippen LogP) is 3.64. The minimum atomic E-state index is 0.191. The third-order valence-electron chi connectivity index (χ3n) is 4.90. The number of nitrogens with one attached hydrogen (secondary N) is 1. The Morgan fingerprint density at radius 1 is 1.32 bits per heavy atom. The van der Waals surface area contributed by atoms with E-state index in [1.165, 1.54) is 43.2 Å². The molecule has 1 unspecified atom stereocenters. The second-order valence-electron chi connectivity index (χ2n) is 6.92. The first kappa shape index (κ1) is 15.4. The lowest BCUT2D eigenvalue weighted by atomic mass is 9.87. The number of hydrogen-bond acceptors (Lipinski definition) is 2. The lowest BCUT2D eigenvalue weighted by Gasteiger charge is -2.22. The molecular weight excluding hydrogens is 274 g/mol. The highest BCUT2D eigenvalue weighted by molar-refractivity contribution is 5.76. The summed E-state index contributed by atoms with van der Waals surface area (Å²) in [6.07, 6.45) is 9.00. The molecule has 0 spiro atoms. The van der Waals surface area contributed by atoms with Crippen molar-refractivity contribution in [3.05, 3.63) is 29.3 Å². The molecule has 0 radical (unpaired) electrons. The smallest absolute Gasteiger partial charge is 0.220 e. The molecule has 3 rings (SSSR count). The van der Waals surface area contributed by atoms with E-state index in [2.05, 4.69) is 30.4 Å². The predicted molar refractivity (Wildman–Crippen MR) is 88.1 cm³/mol. The number of benzene rings is 1. The zero-order chi connectivity index (χ0) is 15.4. The fraction of sp³-hybridized carbons (Fsp3) is 0.632. The van der Waals surface area contributed by atoms with Gasteiger partial charge >= 0.3 is 0 Å². The molecule has 1 atom stereocenters. The van der Waals surface area contributed by atoms with Gasteiger partial charge in [0.05, 0.1) is 6.61 Å². The monoisotopic (exact) mass is 301 g/mol. The molecule has 1 saturated carbocycles. The Kier molecular flexibility index (Phi) is 5.01. The van der Waals surface area contributed by atoms with Gasteiger partial charge in [0.25, 0.3) is 0 Å². The van der Waals surface area contributed by atoms with E-state index in [1.807, 2.05) is 0 Å². The van der Waals surface area contributed by atoms with Gasteiger partial charge in [-0.15, -0.1) is 0 Å². The summed E-state index contributed by atoms with van der Waals surface area (Å²) in [5.41, 5.74) is 2.59. The molecule has 1 fully saturated rings. The molecule has 1 aliphatic heterocycles. The van der Waals surface area contributed by atoms with Gasteiger partial charge in [-0.2, -0.15) is 0 Å². The molecule has 2 aliphatic rings. The molecular formula is C19H27NO2. The third-order valence-corrected chi connectivity index (χ3v) is 4.90. The standard InChI is InChI=1S/C19H27NO2/c1-14(20-19(21)13-15-5-3-2-4-6-15)11-16-7-8-18-17(12-16)9-10-22-18/h7-8,12,14-15H,2-6,9-11,13H2,1H3,(H,20,21). The van der Waals surface area contributed by atoms with E-state index in [-0.39, 0.29) is 11.9 Å². The Balaban J connectivity index is 1.47. The summed E-state index contributed by atoms with van der Waals surface area (Å²) in [6, 6.07) is 6.60. The summed E-state index contributed by atoms with van der Waals surface area (Å²) < 4.78 is 5.54. The van der Waals surface area contributed by atoms with E-state index < -0.39 is 0 Å². The number of carbonyl (C=O) groups is 1. The maximum Gasteiger partial charge on any atom is 0.220 e. The van der Waals surface area contributed by atoms with Gasteiger partial charge in [-0.3, -0.25) is 4.79 Å². The second kappa shape index (κ2) is 7.17. The van der Waals surface area contributed by atoms with Crippen LogP contribution in [0.5, 0.6) is 5.75 Å². The van der Waals surface area contributed by atoms with Crippen LogP contribution in [0.15, 0.2) is 18.2 Å². The summed E-state index contributed by atoms with van der Waals surface area (Å²) in [7, 11) is 0. The van der Waals surface area contributed by atoms with Crippen LogP contribution >= 0.6 is 0 Å². The first-order valence-corrected chi connectivity index (χ1v) is 8.74. The van der Waals surface area contributed by atoms with Gasteiger partial charge in [-0.1, -0.05) is 31.4 Å². The van der Waals surface area contributed by atoms with Crippen molar-refractivity contribution in [1.29, 1.82) is 0 Å². The van der Waals surface area contributed by atoms with Gasteiger partial charge in [-0.25, -0.2) is 0 Å². The molecule has 3 heteroatoms. The topological polar surface area (TPSA) is 38.3 Å². The van der Waals surface area contributed by atoms with Crippen molar-refractivity contribution in [3.8, 4) is 5.75 Å². The molecule has 120 valence electrons. The van der Waals surface area contributed by atoms with Crippen molar-refractivity contribution < 1.29 is 9.53 Å². The van der Waals surface area contributed by atoms with Crippen molar-refractivity contribution in [2.75, 3.05) is 6.61 Å². The minimum Gasteiger partial charge on any atom is -0.493 e. The third kappa shape index (κ3) is 4.02. The van der Waals surface area contributed by atoms with E-state index in [0.29, 0.717) is 12.3 Å². The molecule has 1 amide bonds. The lowest BCUT2D eigenvalue weighted by molar-refractivity contribution is -0.122. The Hall–Kier alpha value is -1.51. The molecule has 1 heterocycles. The Bertz CT molecular complexity index is 520. The molecule has 1 aromatic rings. The number of ether oxygens (including phenoxy) is 1. The molecule has 0 aromatic heterocycles. The van der Waals surface area contributed by atoms with E-state index in [9.17, 15) is 4.79 Å². The van der Waals surface area contributed by atoms with Crippen LogP contribution in [0.1, 0.15) is 56.6 Å². The largest absolute Gasteiger partial charge is 0.493 e. The van der Waals surface area contributed by atoms with Gasteiger partial charge in [0.15, 0.2) is 0 Å². The van der Waals surface area contributed by atoms with E-state index >= 15 is 0 Å².